The molecule has 1 N–H and O–H groups in total. The van der Waals surface area contributed by atoms with E-state index in [1.807, 2.05) is 12.2 Å². The maximum absolute atomic E-state index is 14.0. The van der Waals surface area contributed by atoms with Crippen molar-refractivity contribution in [2.45, 2.75) is 70.4 Å². The Morgan fingerprint density at radius 2 is 2.00 bits per heavy atom. The van der Waals surface area contributed by atoms with E-state index in [0.717, 1.165) is 36.8 Å². The van der Waals surface area contributed by atoms with Gasteiger partial charge in [-0.2, -0.15) is 0 Å². The molecule has 0 bridgehead atoms. The van der Waals surface area contributed by atoms with Gasteiger partial charge in [-0.25, -0.2) is 4.39 Å². The molecule has 0 heterocycles. The van der Waals surface area contributed by atoms with Gasteiger partial charge in [0.05, 0.1) is 0 Å². The van der Waals surface area contributed by atoms with E-state index in [4.69, 9.17) is 11.6 Å². The second kappa shape index (κ2) is 8.18. The highest BCUT2D eigenvalue weighted by atomic mass is 35.5. The second-order valence-electron chi connectivity index (χ2n) is 9.32. The third kappa shape index (κ3) is 4.30. The van der Waals surface area contributed by atoms with Crippen LogP contribution < -0.4 is 5.32 Å². The molecule has 1 amide bonds. The first-order valence-corrected chi connectivity index (χ1v) is 11.3. The molecule has 4 rings (SSSR count). The lowest BCUT2D eigenvalue weighted by atomic mass is 9.71. The summed E-state index contributed by atoms with van der Waals surface area (Å²) in [4.78, 5) is 13.2. The van der Waals surface area contributed by atoms with E-state index in [1.165, 1.54) is 24.8 Å². The number of carbonyl (C=O) groups is 1. The van der Waals surface area contributed by atoms with Gasteiger partial charge in [0.2, 0.25) is 0 Å². The number of carbonyl (C=O) groups excluding carboxylic acids is 1. The maximum Gasteiger partial charge on any atom is 0.251 e. The fourth-order valence-corrected chi connectivity index (χ4v) is 5.33. The zero-order valence-corrected chi connectivity index (χ0v) is 17.5. The first kappa shape index (κ1) is 19.9. The highest BCUT2D eigenvalue weighted by molar-refractivity contribution is 6.32. The second-order valence-corrected chi connectivity index (χ2v) is 9.73. The predicted molar refractivity (Wildman–Crippen MR) is 113 cm³/mol. The van der Waals surface area contributed by atoms with Crippen LogP contribution in [0.25, 0.3) is 0 Å². The Morgan fingerprint density at radius 3 is 2.68 bits per heavy atom. The van der Waals surface area contributed by atoms with Gasteiger partial charge in [-0.15, -0.1) is 0 Å². The van der Waals surface area contributed by atoms with Gasteiger partial charge in [-0.05, 0) is 93.8 Å². The molecular weight excluding hydrogens is 373 g/mol. The Hall–Kier alpha value is -1.35. The third-order valence-electron chi connectivity index (χ3n) is 7.14. The van der Waals surface area contributed by atoms with E-state index < -0.39 is 5.67 Å². The highest BCUT2D eigenvalue weighted by Crippen LogP contribution is 2.45. The van der Waals surface area contributed by atoms with Gasteiger partial charge in [-0.1, -0.05) is 35.7 Å². The molecule has 28 heavy (non-hydrogen) atoms. The molecule has 0 aromatic heterocycles. The smallest absolute Gasteiger partial charge is 0.251 e. The number of rotatable bonds is 4. The molecule has 4 aliphatic rings. The van der Waals surface area contributed by atoms with Crippen LogP contribution in [0.2, 0.25) is 0 Å². The van der Waals surface area contributed by atoms with E-state index in [9.17, 15) is 9.18 Å². The van der Waals surface area contributed by atoms with Gasteiger partial charge in [0.1, 0.15) is 5.67 Å². The largest absolute Gasteiger partial charge is 0.352 e. The first-order chi connectivity index (χ1) is 13.4. The molecule has 0 spiro atoms. The molecule has 4 heteroatoms. The molecule has 0 radical (unpaired) electrons. The van der Waals surface area contributed by atoms with Crippen LogP contribution in [0.15, 0.2) is 46.1 Å². The van der Waals surface area contributed by atoms with Crippen molar-refractivity contribution in [3.8, 4) is 0 Å². The zero-order chi connectivity index (χ0) is 19.7. The summed E-state index contributed by atoms with van der Waals surface area (Å²) in [5.41, 5.74) is 2.16. The van der Waals surface area contributed by atoms with Gasteiger partial charge in [0.25, 0.3) is 5.91 Å². The van der Waals surface area contributed by atoms with E-state index in [0.29, 0.717) is 42.2 Å². The van der Waals surface area contributed by atoms with E-state index in [-0.39, 0.29) is 5.91 Å². The molecule has 0 aromatic rings. The number of halogens is 2. The summed E-state index contributed by atoms with van der Waals surface area (Å²) in [6.07, 6.45) is 16.8. The van der Waals surface area contributed by atoms with Crippen LogP contribution in [0.5, 0.6) is 0 Å². The number of hydrogen-bond donors (Lipinski definition) is 1. The quantitative estimate of drug-likeness (QED) is 0.599. The molecule has 0 aliphatic heterocycles. The molecule has 1 atom stereocenters. The van der Waals surface area contributed by atoms with Crippen LogP contribution in [0.4, 0.5) is 4.39 Å². The number of fused-ring (bicyclic) bond motifs is 1. The van der Waals surface area contributed by atoms with E-state index in [1.54, 1.807) is 6.92 Å². The van der Waals surface area contributed by atoms with Crippen molar-refractivity contribution in [3.05, 3.63) is 46.1 Å². The number of nitrogens with one attached hydrogen (secondary N) is 1. The molecule has 4 aliphatic carbocycles. The lowest BCUT2D eigenvalue weighted by Gasteiger charge is -2.35. The SMILES string of the molecule is CC1(F)CCC(CNC(=O)C2=C3C(Cl)=CC=CCC3CC(C3CCC3)=C2)CC1. The minimum atomic E-state index is -1.03. The first-order valence-electron chi connectivity index (χ1n) is 10.9. The Morgan fingerprint density at radius 1 is 1.25 bits per heavy atom. The third-order valence-corrected chi connectivity index (χ3v) is 7.47. The average molecular weight is 404 g/mol. The van der Waals surface area contributed by atoms with E-state index in [2.05, 4.69) is 17.5 Å². The fourth-order valence-electron chi connectivity index (χ4n) is 5.01. The van der Waals surface area contributed by atoms with E-state index >= 15 is 0 Å². The number of alkyl halides is 1. The molecule has 2 fully saturated rings. The normalized spacial score (nSPS) is 33.4. The summed E-state index contributed by atoms with van der Waals surface area (Å²) in [6.45, 7) is 2.32. The summed E-state index contributed by atoms with van der Waals surface area (Å²) in [5.74, 6) is 1.29. The van der Waals surface area contributed by atoms with Crippen molar-refractivity contribution in [2.75, 3.05) is 6.54 Å². The minimum Gasteiger partial charge on any atom is -0.352 e. The molecule has 1 unspecified atom stereocenters. The zero-order valence-electron chi connectivity index (χ0n) is 16.8. The topological polar surface area (TPSA) is 29.1 Å². The average Bonchev–Trinajstić information content (AvgIpc) is 2.80. The van der Waals surface area contributed by atoms with Crippen molar-refractivity contribution < 1.29 is 9.18 Å². The van der Waals surface area contributed by atoms with Gasteiger partial charge in [-0.3, -0.25) is 4.79 Å². The molecule has 2 saturated carbocycles. The fraction of sp³-hybridized carbons (Fsp3) is 0.625. The van der Waals surface area contributed by atoms with Crippen LogP contribution in [0.1, 0.15) is 64.7 Å². The Kier molecular flexibility index (Phi) is 5.83. The van der Waals surface area contributed by atoms with Crippen LogP contribution in [0, 0.1) is 17.8 Å². The maximum atomic E-state index is 14.0. The van der Waals surface area contributed by atoms with Crippen molar-refractivity contribution in [3.63, 3.8) is 0 Å². The molecule has 0 saturated heterocycles. The lowest BCUT2D eigenvalue weighted by molar-refractivity contribution is -0.117. The van der Waals surface area contributed by atoms with Gasteiger partial charge in [0, 0.05) is 17.2 Å². The van der Waals surface area contributed by atoms with Crippen molar-refractivity contribution in [2.24, 2.45) is 17.8 Å². The van der Waals surface area contributed by atoms with Crippen molar-refractivity contribution in [1.29, 1.82) is 0 Å². The van der Waals surface area contributed by atoms with Crippen LogP contribution in [0.3, 0.4) is 0 Å². The monoisotopic (exact) mass is 403 g/mol. The molecule has 0 aromatic carbocycles. The predicted octanol–water partition coefficient (Wildman–Crippen LogP) is 6.15. The molecular formula is C24H31ClFNO. The number of hydrogen-bond acceptors (Lipinski definition) is 1. The summed E-state index contributed by atoms with van der Waals surface area (Å²) in [5, 5.41) is 3.84. The van der Waals surface area contributed by atoms with Crippen molar-refractivity contribution in [1.82, 2.24) is 5.32 Å². The minimum absolute atomic E-state index is 0.0152. The van der Waals surface area contributed by atoms with Crippen LogP contribution >= 0.6 is 11.6 Å². The molecule has 2 nitrogen and oxygen atoms in total. The van der Waals surface area contributed by atoms with Gasteiger partial charge >= 0.3 is 0 Å². The number of allylic oxidation sites excluding steroid dienone is 6. The lowest BCUT2D eigenvalue weighted by Crippen LogP contribution is -2.36. The summed E-state index contributed by atoms with van der Waals surface area (Å²) in [6, 6.07) is 0. The summed E-state index contributed by atoms with van der Waals surface area (Å²) in [7, 11) is 0. The van der Waals surface area contributed by atoms with Crippen LogP contribution in [-0.2, 0) is 4.79 Å². The van der Waals surface area contributed by atoms with Crippen LogP contribution in [-0.4, -0.2) is 18.1 Å². The number of amides is 1. The highest BCUT2D eigenvalue weighted by Gasteiger charge is 2.34. The Bertz CT molecular complexity index is 747. The van der Waals surface area contributed by atoms with Gasteiger partial charge in [0.15, 0.2) is 0 Å². The Labute approximate surface area is 173 Å². The Balaban J connectivity index is 1.51. The standard InChI is InChI=1S/C24H31ClFNO/c1-24(26)11-9-16(10-12-24)15-27-23(28)20-14-19(17-6-4-7-17)13-18-5-2-3-8-21(25)22(18)20/h2-3,8,14,16-18H,4-7,9-13,15H2,1H3,(H,27,28). The molecule has 152 valence electrons. The summed E-state index contributed by atoms with van der Waals surface area (Å²) >= 11 is 6.59. The van der Waals surface area contributed by atoms with Crippen molar-refractivity contribution >= 4 is 17.5 Å². The summed E-state index contributed by atoms with van der Waals surface area (Å²) < 4.78 is 14.0. The van der Waals surface area contributed by atoms with Gasteiger partial charge < -0.3 is 5.32 Å².